The fraction of sp³-hybridized carbons (Fsp3) is 0.176. The number of nitrogens with zero attached hydrogens (tertiary/aromatic N) is 2. The van der Waals surface area contributed by atoms with E-state index in [2.05, 4.69) is 10.6 Å². The maximum Gasteiger partial charge on any atom is 0.323 e. The van der Waals surface area contributed by atoms with Gasteiger partial charge in [-0.15, -0.1) is 0 Å². The van der Waals surface area contributed by atoms with Gasteiger partial charge in [-0.25, -0.2) is 4.79 Å². The summed E-state index contributed by atoms with van der Waals surface area (Å²) in [6.45, 7) is 3.20. The van der Waals surface area contributed by atoms with Gasteiger partial charge in [-0.2, -0.15) is 0 Å². The highest BCUT2D eigenvalue weighted by Crippen LogP contribution is 2.22. The zero-order valence-electron chi connectivity index (χ0n) is 14.1. The minimum absolute atomic E-state index is 0.0976. The lowest BCUT2D eigenvalue weighted by atomic mass is 10.2. The highest BCUT2D eigenvalue weighted by molar-refractivity contribution is 6.00. The Balaban J connectivity index is 2.07. The molecule has 0 saturated heterocycles. The molecule has 0 fully saturated rings. The van der Waals surface area contributed by atoms with Crippen LogP contribution in [0, 0.1) is 17.0 Å². The summed E-state index contributed by atoms with van der Waals surface area (Å²) in [5.74, 6) is -0.0976. The molecule has 0 aliphatic heterocycles. The smallest absolute Gasteiger partial charge is 0.316 e. The Morgan fingerprint density at radius 2 is 1.72 bits per heavy atom. The van der Waals surface area contributed by atoms with E-state index in [9.17, 15) is 19.7 Å². The fourth-order valence-corrected chi connectivity index (χ4v) is 2.09. The molecule has 130 valence electrons. The van der Waals surface area contributed by atoms with Gasteiger partial charge in [0.05, 0.1) is 10.6 Å². The molecule has 0 aliphatic rings. The summed E-state index contributed by atoms with van der Waals surface area (Å²) >= 11 is 0. The number of aryl methyl sites for hydroxylation is 1. The Morgan fingerprint density at radius 3 is 2.28 bits per heavy atom. The van der Waals surface area contributed by atoms with Crippen LogP contribution in [0.15, 0.2) is 42.5 Å². The van der Waals surface area contributed by atoms with Crippen molar-refractivity contribution in [2.75, 3.05) is 22.6 Å². The van der Waals surface area contributed by atoms with Gasteiger partial charge in [0.2, 0.25) is 5.91 Å². The number of nitro benzene ring substituents is 1. The van der Waals surface area contributed by atoms with Crippen LogP contribution in [0.5, 0.6) is 0 Å². The number of amides is 3. The molecule has 2 N–H and O–H groups in total. The Kier molecular flexibility index (Phi) is 5.33. The third-order valence-corrected chi connectivity index (χ3v) is 3.66. The van der Waals surface area contributed by atoms with Crippen molar-refractivity contribution in [2.24, 2.45) is 0 Å². The van der Waals surface area contributed by atoms with E-state index in [0.717, 1.165) is 0 Å². The van der Waals surface area contributed by atoms with Crippen molar-refractivity contribution in [3.63, 3.8) is 0 Å². The predicted octanol–water partition coefficient (Wildman–Crippen LogP) is 3.53. The first-order chi connectivity index (χ1) is 11.8. The molecule has 0 radical (unpaired) electrons. The average molecular weight is 342 g/mol. The summed E-state index contributed by atoms with van der Waals surface area (Å²) in [6.07, 6.45) is 0. The Bertz CT molecular complexity index is 818. The molecule has 0 atom stereocenters. The van der Waals surface area contributed by atoms with Gasteiger partial charge in [-0.3, -0.25) is 14.9 Å². The molecule has 3 amide bonds. The van der Waals surface area contributed by atoms with Crippen LogP contribution in [0.4, 0.5) is 27.5 Å². The van der Waals surface area contributed by atoms with Crippen LogP contribution in [-0.2, 0) is 4.79 Å². The summed E-state index contributed by atoms with van der Waals surface area (Å²) in [7, 11) is 1.66. The fourth-order valence-electron chi connectivity index (χ4n) is 2.09. The molecule has 0 bridgehead atoms. The van der Waals surface area contributed by atoms with E-state index < -0.39 is 11.0 Å². The summed E-state index contributed by atoms with van der Waals surface area (Å²) in [6, 6.07) is 10.5. The lowest BCUT2D eigenvalue weighted by Crippen LogP contribution is -2.23. The van der Waals surface area contributed by atoms with Crippen LogP contribution >= 0.6 is 0 Å². The maximum atomic E-state index is 12.1. The van der Waals surface area contributed by atoms with Gasteiger partial charge >= 0.3 is 6.03 Å². The molecule has 0 heterocycles. The predicted molar refractivity (Wildman–Crippen MR) is 96.0 cm³/mol. The number of non-ortho nitro benzene ring substituents is 1. The van der Waals surface area contributed by atoms with Crippen LogP contribution in [0.25, 0.3) is 0 Å². The van der Waals surface area contributed by atoms with Gasteiger partial charge < -0.3 is 15.5 Å². The third-order valence-electron chi connectivity index (χ3n) is 3.66. The van der Waals surface area contributed by atoms with Gasteiger partial charge in [0, 0.05) is 37.5 Å². The number of carbonyl (C=O) groups is 2. The molecule has 0 aliphatic carbocycles. The molecular weight excluding hydrogens is 324 g/mol. The average Bonchev–Trinajstić information content (AvgIpc) is 2.56. The van der Waals surface area contributed by atoms with Crippen molar-refractivity contribution in [3.05, 3.63) is 58.1 Å². The summed E-state index contributed by atoms with van der Waals surface area (Å²) in [5.41, 5.74) is 2.20. The van der Waals surface area contributed by atoms with E-state index in [1.807, 2.05) is 0 Å². The topological polar surface area (TPSA) is 105 Å². The summed E-state index contributed by atoms with van der Waals surface area (Å²) in [4.78, 5) is 35.2. The SMILES string of the molecule is CC(=O)N(C)c1ccc(NC(=O)Nc2cc([N+](=O)[O-])ccc2C)cc1. The number of urea groups is 1. The van der Waals surface area contributed by atoms with Gasteiger partial charge in [-0.1, -0.05) is 6.07 Å². The molecular formula is C17H18N4O4. The second-order valence-electron chi connectivity index (χ2n) is 5.46. The van der Waals surface area contributed by atoms with E-state index in [-0.39, 0.29) is 11.6 Å². The minimum atomic E-state index is -0.521. The van der Waals surface area contributed by atoms with E-state index >= 15 is 0 Å². The second kappa shape index (κ2) is 7.43. The number of nitrogens with one attached hydrogen (secondary N) is 2. The first-order valence-electron chi connectivity index (χ1n) is 7.45. The number of carbonyl (C=O) groups excluding carboxylic acids is 2. The Labute approximate surface area is 144 Å². The molecule has 0 spiro atoms. The number of rotatable bonds is 4. The van der Waals surface area contributed by atoms with Crippen molar-refractivity contribution in [3.8, 4) is 0 Å². The van der Waals surface area contributed by atoms with Crippen LogP contribution in [-0.4, -0.2) is 23.9 Å². The molecule has 0 aromatic heterocycles. The monoisotopic (exact) mass is 342 g/mol. The van der Waals surface area contributed by atoms with E-state index in [4.69, 9.17) is 0 Å². The number of benzene rings is 2. The molecule has 0 unspecified atom stereocenters. The summed E-state index contributed by atoms with van der Waals surface area (Å²) < 4.78 is 0. The Hall–Kier alpha value is -3.42. The van der Waals surface area contributed by atoms with Crippen LogP contribution in [0.3, 0.4) is 0 Å². The van der Waals surface area contributed by atoms with Gasteiger partial charge in [0.25, 0.3) is 5.69 Å². The molecule has 2 aromatic carbocycles. The maximum absolute atomic E-state index is 12.1. The molecule has 25 heavy (non-hydrogen) atoms. The second-order valence-corrected chi connectivity index (χ2v) is 5.46. The number of anilines is 3. The van der Waals surface area contributed by atoms with Gasteiger partial charge in [-0.05, 0) is 36.8 Å². The Morgan fingerprint density at radius 1 is 1.08 bits per heavy atom. The van der Waals surface area contributed by atoms with Crippen LogP contribution in [0.2, 0.25) is 0 Å². The first kappa shape index (κ1) is 17.9. The van der Waals surface area contributed by atoms with E-state index in [1.165, 1.54) is 24.0 Å². The molecule has 8 nitrogen and oxygen atoms in total. The lowest BCUT2D eigenvalue weighted by Gasteiger charge is -2.15. The highest BCUT2D eigenvalue weighted by atomic mass is 16.6. The molecule has 8 heteroatoms. The van der Waals surface area contributed by atoms with Crippen molar-refractivity contribution < 1.29 is 14.5 Å². The molecule has 2 rings (SSSR count). The van der Waals surface area contributed by atoms with Crippen molar-refractivity contribution in [1.82, 2.24) is 0 Å². The largest absolute Gasteiger partial charge is 0.323 e. The molecule has 2 aromatic rings. The van der Waals surface area contributed by atoms with Crippen LogP contribution in [0.1, 0.15) is 12.5 Å². The number of hydrogen-bond donors (Lipinski definition) is 2. The van der Waals surface area contributed by atoms with Crippen molar-refractivity contribution in [2.45, 2.75) is 13.8 Å². The zero-order chi connectivity index (χ0) is 18.6. The lowest BCUT2D eigenvalue weighted by molar-refractivity contribution is -0.384. The first-order valence-corrected chi connectivity index (χ1v) is 7.45. The standard InChI is InChI=1S/C17H18N4O4/c1-11-4-7-15(21(24)25)10-16(11)19-17(23)18-13-5-8-14(9-6-13)20(3)12(2)22/h4-10H,1-3H3,(H2,18,19,23). The molecule has 0 saturated carbocycles. The van der Waals surface area contributed by atoms with Gasteiger partial charge in [0.1, 0.15) is 0 Å². The third kappa shape index (κ3) is 4.54. The normalized spacial score (nSPS) is 10.0. The van der Waals surface area contributed by atoms with Crippen molar-refractivity contribution in [1.29, 1.82) is 0 Å². The van der Waals surface area contributed by atoms with E-state index in [1.54, 1.807) is 44.3 Å². The number of hydrogen-bond acceptors (Lipinski definition) is 4. The highest BCUT2D eigenvalue weighted by Gasteiger charge is 2.11. The number of nitro groups is 1. The van der Waals surface area contributed by atoms with Crippen molar-refractivity contribution >= 4 is 34.7 Å². The quantitative estimate of drug-likeness (QED) is 0.655. The minimum Gasteiger partial charge on any atom is -0.316 e. The summed E-state index contributed by atoms with van der Waals surface area (Å²) in [5, 5.41) is 16.1. The van der Waals surface area contributed by atoms with E-state index in [0.29, 0.717) is 22.6 Å². The zero-order valence-corrected chi connectivity index (χ0v) is 14.1. The van der Waals surface area contributed by atoms with Crippen LogP contribution < -0.4 is 15.5 Å². The van der Waals surface area contributed by atoms with Gasteiger partial charge in [0.15, 0.2) is 0 Å².